The van der Waals surface area contributed by atoms with E-state index in [9.17, 15) is 8.42 Å². The van der Waals surface area contributed by atoms with E-state index in [1.54, 1.807) is 29.5 Å². The van der Waals surface area contributed by atoms with Crippen molar-refractivity contribution in [2.75, 3.05) is 32.7 Å². The minimum Gasteiger partial charge on any atom is -0.301 e. The van der Waals surface area contributed by atoms with Gasteiger partial charge >= 0.3 is 0 Å². The van der Waals surface area contributed by atoms with Gasteiger partial charge in [-0.3, -0.25) is 4.90 Å². The fourth-order valence-electron chi connectivity index (χ4n) is 4.91. The van der Waals surface area contributed by atoms with E-state index in [2.05, 4.69) is 50.7 Å². The molecule has 0 amide bonds. The van der Waals surface area contributed by atoms with Gasteiger partial charge in [-0.25, -0.2) is 23.1 Å². The number of nitrogens with zero attached hydrogens (tertiary/aromatic N) is 4. The second-order valence-electron chi connectivity index (χ2n) is 11.2. The third kappa shape index (κ3) is 6.91. The van der Waals surface area contributed by atoms with Gasteiger partial charge in [0, 0.05) is 61.8 Å². The minimum absolute atomic E-state index is 0.246. The highest BCUT2D eigenvalue weighted by Crippen LogP contribution is 2.33. The lowest BCUT2D eigenvalue weighted by Crippen LogP contribution is -2.45. The monoisotopic (exact) mass is 563 g/mol. The smallest absolute Gasteiger partial charge is 0.241 e. The number of likely N-dealkylation sites (N-methyl/N-ethyl adjacent to an activating group) is 1. The molecule has 206 valence electrons. The van der Waals surface area contributed by atoms with Crippen LogP contribution in [-0.2, 0) is 23.0 Å². The van der Waals surface area contributed by atoms with Crippen LogP contribution in [0, 0.1) is 0 Å². The third-order valence-electron chi connectivity index (χ3n) is 6.96. The molecule has 2 aromatic carbocycles. The van der Waals surface area contributed by atoms with Crippen molar-refractivity contribution >= 4 is 31.6 Å². The maximum atomic E-state index is 12.9. The first kappa shape index (κ1) is 27.9. The van der Waals surface area contributed by atoms with Crippen LogP contribution in [0.25, 0.3) is 21.3 Å². The summed E-state index contributed by atoms with van der Waals surface area (Å²) < 4.78 is 29.5. The summed E-state index contributed by atoms with van der Waals surface area (Å²) in [5.41, 5.74) is 4.54. The van der Waals surface area contributed by atoms with Gasteiger partial charge in [0.05, 0.1) is 15.1 Å². The van der Waals surface area contributed by atoms with Gasteiger partial charge in [0.1, 0.15) is 5.82 Å². The molecular formula is C30H37N5O2S2. The molecule has 3 heterocycles. The molecule has 1 aliphatic heterocycles. The summed E-state index contributed by atoms with van der Waals surface area (Å²) >= 11 is 1.57. The van der Waals surface area contributed by atoms with Crippen molar-refractivity contribution in [1.82, 2.24) is 24.5 Å². The van der Waals surface area contributed by atoms with Crippen LogP contribution in [0.3, 0.4) is 0 Å². The molecular weight excluding hydrogens is 526 g/mol. The van der Waals surface area contributed by atoms with E-state index in [0.717, 1.165) is 66.4 Å². The summed E-state index contributed by atoms with van der Waals surface area (Å²) in [5.74, 6) is 0.753. The van der Waals surface area contributed by atoms with E-state index >= 15 is 0 Å². The van der Waals surface area contributed by atoms with E-state index in [1.807, 2.05) is 38.4 Å². The molecule has 2 aromatic heterocycles. The number of piperazine rings is 1. The molecule has 1 saturated heterocycles. The van der Waals surface area contributed by atoms with Gasteiger partial charge in [0.15, 0.2) is 0 Å². The standard InChI is InChI=1S/C30H37N5O2S2/c1-5-34-13-15-35(16-14-34)20-23-11-9-22(10-12-23)17-28-31-19-27-29(32-28)26(21-38-27)24-7-6-8-25(18-24)39(36,37)33-30(2,3)4/h6-12,18-19,21,33H,5,13-17,20H2,1-4H3. The first-order chi connectivity index (χ1) is 18.6. The predicted octanol–water partition coefficient (Wildman–Crippen LogP) is 5.16. The molecule has 0 unspecified atom stereocenters. The third-order valence-corrected chi connectivity index (χ3v) is 9.63. The van der Waals surface area contributed by atoms with Gasteiger partial charge < -0.3 is 4.90 Å². The van der Waals surface area contributed by atoms with E-state index in [1.165, 1.54) is 11.1 Å². The summed E-state index contributed by atoms with van der Waals surface area (Å²) in [7, 11) is -3.64. The number of hydrogen-bond acceptors (Lipinski definition) is 7. The Morgan fingerprint density at radius 1 is 0.974 bits per heavy atom. The average Bonchev–Trinajstić information content (AvgIpc) is 3.32. The maximum absolute atomic E-state index is 12.9. The van der Waals surface area contributed by atoms with Crippen molar-refractivity contribution in [3.05, 3.63) is 77.1 Å². The van der Waals surface area contributed by atoms with Crippen LogP contribution >= 0.6 is 11.3 Å². The van der Waals surface area contributed by atoms with Crippen LogP contribution in [0.2, 0.25) is 0 Å². The van der Waals surface area contributed by atoms with Crippen LogP contribution in [0.1, 0.15) is 44.6 Å². The second-order valence-corrected chi connectivity index (χ2v) is 13.8. The molecule has 0 spiro atoms. The summed E-state index contributed by atoms with van der Waals surface area (Å²) in [6.07, 6.45) is 2.52. The van der Waals surface area contributed by atoms with E-state index in [0.29, 0.717) is 6.42 Å². The number of aromatic nitrogens is 2. The van der Waals surface area contributed by atoms with Gasteiger partial charge in [-0.15, -0.1) is 11.3 Å². The van der Waals surface area contributed by atoms with Gasteiger partial charge in [0.25, 0.3) is 0 Å². The normalized spacial score (nSPS) is 15.7. The van der Waals surface area contributed by atoms with Crippen molar-refractivity contribution in [3.63, 3.8) is 0 Å². The van der Waals surface area contributed by atoms with Crippen molar-refractivity contribution in [2.24, 2.45) is 0 Å². The lowest BCUT2D eigenvalue weighted by atomic mass is 10.1. The minimum atomic E-state index is -3.64. The Kier molecular flexibility index (Phi) is 8.16. The molecule has 0 atom stereocenters. The fraction of sp³-hybridized carbons (Fsp3) is 0.400. The molecule has 0 saturated carbocycles. The summed E-state index contributed by atoms with van der Waals surface area (Å²) in [5, 5.41) is 2.03. The molecule has 39 heavy (non-hydrogen) atoms. The van der Waals surface area contributed by atoms with Crippen molar-refractivity contribution in [1.29, 1.82) is 0 Å². The van der Waals surface area contributed by atoms with E-state index in [-0.39, 0.29) is 4.90 Å². The Morgan fingerprint density at radius 3 is 2.36 bits per heavy atom. The summed E-state index contributed by atoms with van der Waals surface area (Å²) in [6.45, 7) is 14.4. The Hall–Kier alpha value is -2.69. The number of sulfonamides is 1. The van der Waals surface area contributed by atoms with Crippen LogP contribution in [-0.4, -0.2) is 66.4 Å². The Bertz CT molecular complexity index is 1530. The molecule has 0 bridgehead atoms. The first-order valence-corrected chi connectivity index (χ1v) is 15.9. The topological polar surface area (TPSA) is 78.4 Å². The van der Waals surface area contributed by atoms with Crippen LogP contribution in [0.4, 0.5) is 0 Å². The van der Waals surface area contributed by atoms with E-state index in [4.69, 9.17) is 4.98 Å². The molecule has 0 radical (unpaired) electrons. The molecule has 4 aromatic rings. The molecule has 9 heteroatoms. The quantitative estimate of drug-likeness (QED) is 0.319. The summed E-state index contributed by atoms with van der Waals surface area (Å²) in [4.78, 5) is 14.8. The van der Waals surface area contributed by atoms with Gasteiger partial charge in [-0.05, 0) is 56.1 Å². The zero-order valence-corrected chi connectivity index (χ0v) is 24.8. The molecule has 1 N–H and O–H groups in total. The summed E-state index contributed by atoms with van der Waals surface area (Å²) in [6, 6.07) is 15.8. The number of fused-ring (bicyclic) bond motifs is 1. The highest BCUT2D eigenvalue weighted by molar-refractivity contribution is 7.89. The maximum Gasteiger partial charge on any atom is 0.241 e. The van der Waals surface area contributed by atoms with Crippen molar-refractivity contribution in [2.45, 2.75) is 51.1 Å². The Morgan fingerprint density at radius 2 is 1.67 bits per heavy atom. The predicted molar refractivity (Wildman–Crippen MR) is 160 cm³/mol. The van der Waals surface area contributed by atoms with Gasteiger partial charge in [-0.1, -0.05) is 43.3 Å². The van der Waals surface area contributed by atoms with E-state index < -0.39 is 15.6 Å². The van der Waals surface area contributed by atoms with Gasteiger partial charge in [0.2, 0.25) is 10.0 Å². The first-order valence-electron chi connectivity index (χ1n) is 13.5. The molecule has 7 nitrogen and oxygen atoms in total. The zero-order chi connectivity index (χ0) is 27.6. The number of benzene rings is 2. The largest absolute Gasteiger partial charge is 0.301 e. The highest BCUT2D eigenvalue weighted by atomic mass is 32.2. The highest BCUT2D eigenvalue weighted by Gasteiger charge is 2.23. The van der Waals surface area contributed by atoms with Crippen molar-refractivity contribution < 1.29 is 8.42 Å². The molecule has 5 rings (SSSR count). The Balaban J connectivity index is 1.32. The van der Waals surface area contributed by atoms with Crippen LogP contribution in [0.5, 0.6) is 0 Å². The SMILES string of the molecule is CCN1CCN(Cc2ccc(Cc3ncc4scc(-c5cccc(S(=O)(=O)NC(C)(C)C)c5)c4n3)cc2)CC1. The lowest BCUT2D eigenvalue weighted by Gasteiger charge is -2.34. The second kappa shape index (κ2) is 11.4. The zero-order valence-electron chi connectivity index (χ0n) is 23.1. The van der Waals surface area contributed by atoms with Gasteiger partial charge in [-0.2, -0.15) is 0 Å². The molecule has 1 aliphatic rings. The molecule has 1 fully saturated rings. The van der Waals surface area contributed by atoms with Crippen LogP contribution in [0.15, 0.2) is 65.0 Å². The number of rotatable bonds is 8. The number of nitrogens with one attached hydrogen (secondary N) is 1. The molecule has 0 aliphatic carbocycles. The Labute approximate surface area is 236 Å². The number of hydrogen-bond donors (Lipinski definition) is 1. The average molecular weight is 564 g/mol. The van der Waals surface area contributed by atoms with Crippen LogP contribution < -0.4 is 4.72 Å². The fourth-order valence-corrected chi connectivity index (χ4v) is 7.25. The number of thiophene rings is 1. The van der Waals surface area contributed by atoms with Crippen molar-refractivity contribution in [3.8, 4) is 11.1 Å². The lowest BCUT2D eigenvalue weighted by molar-refractivity contribution is 0.132.